The summed E-state index contributed by atoms with van der Waals surface area (Å²) in [5.41, 5.74) is 3.19. The van der Waals surface area contributed by atoms with Gasteiger partial charge in [0.1, 0.15) is 5.82 Å². The molecule has 28 heavy (non-hydrogen) atoms. The molecule has 1 aliphatic rings. The van der Waals surface area contributed by atoms with E-state index in [-0.39, 0.29) is 11.9 Å². The first-order valence-electron chi connectivity index (χ1n) is 9.99. The maximum Gasteiger partial charge on any atom is 0.157 e. The lowest BCUT2D eigenvalue weighted by atomic mass is 10.1. The summed E-state index contributed by atoms with van der Waals surface area (Å²) in [6.45, 7) is 7.70. The predicted octanol–water partition coefficient (Wildman–Crippen LogP) is 4.33. The Morgan fingerprint density at radius 1 is 1.11 bits per heavy atom. The highest BCUT2D eigenvalue weighted by Gasteiger charge is 2.20. The van der Waals surface area contributed by atoms with Crippen molar-refractivity contribution in [3.8, 4) is 0 Å². The molecule has 0 N–H and O–H groups in total. The lowest BCUT2D eigenvalue weighted by Gasteiger charge is -2.31. The second-order valence-corrected chi connectivity index (χ2v) is 7.85. The van der Waals surface area contributed by atoms with Gasteiger partial charge in [-0.3, -0.25) is 4.90 Å². The molecule has 0 amide bonds. The Bertz CT molecular complexity index is 914. The van der Waals surface area contributed by atoms with Gasteiger partial charge in [-0.1, -0.05) is 12.1 Å². The van der Waals surface area contributed by atoms with Crippen LogP contribution in [0.1, 0.15) is 43.9 Å². The molecule has 3 aromatic rings. The number of piperidine rings is 1. The van der Waals surface area contributed by atoms with Crippen molar-refractivity contribution in [3.05, 3.63) is 59.7 Å². The van der Waals surface area contributed by atoms with E-state index in [2.05, 4.69) is 34.9 Å². The monoisotopic (exact) mass is 382 g/mol. The number of hydrogen-bond donors (Lipinski definition) is 0. The molecule has 0 atom stereocenters. The van der Waals surface area contributed by atoms with Crippen LogP contribution in [-0.2, 0) is 17.9 Å². The van der Waals surface area contributed by atoms with Gasteiger partial charge in [-0.2, -0.15) is 5.10 Å². The second kappa shape index (κ2) is 8.37. The van der Waals surface area contributed by atoms with Crippen LogP contribution in [0, 0.1) is 5.82 Å². The Morgan fingerprint density at radius 3 is 2.57 bits per heavy atom. The minimum absolute atomic E-state index is 0.207. The van der Waals surface area contributed by atoms with Gasteiger partial charge < -0.3 is 4.74 Å². The lowest BCUT2D eigenvalue weighted by molar-refractivity contribution is -0.00396. The molecule has 148 valence electrons. The molecule has 3 heterocycles. The number of fused-ring (bicyclic) bond motifs is 1. The molecule has 4 rings (SSSR count). The fourth-order valence-corrected chi connectivity index (χ4v) is 3.74. The minimum Gasteiger partial charge on any atom is -0.373 e. The summed E-state index contributed by atoms with van der Waals surface area (Å²) in [6.07, 6.45) is 6.18. The summed E-state index contributed by atoms with van der Waals surface area (Å²) < 4.78 is 20.9. The van der Waals surface area contributed by atoms with Crippen LogP contribution >= 0.6 is 0 Å². The van der Waals surface area contributed by atoms with Gasteiger partial charge in [-0.25, -0.2) is 14.1 Å². The fraction of sp³-hybridized carbons (Fsp3) is 0.455. The summed E-state index contributed by atoms with van der Waals surface area (Å²) in [6, 6.07) is 9.05. The Labute approximate surface area is 165 Å². The van der Waals surface area contributed by atoms with Crippen LogP contribution < -0.4 is 0 Å². The molecule has 0 aliphatic carbocycles. The van der Waals surface area contributed by atoms with Gasteiger partial charge in [0.2, 0.25) is 0 Å². The second-order valence-electron chi connectivity index (χ2n) is 7.85. The van der Waals surface area contributed by atoms with Crippen LogP contribution in [0.5, 0.6) is 0 Å². The lowest BCUT2D eigenvalue weighted by Crippen LogP contribution is -2.36. The predicted molar refractivity (Wildman–Crippen MR) is 107 cm³/mol. The zero-order valence-corrected chi connectivity index (χ0v) is 16.5. The molecule has 1 fully saturated rings. The van der Waals surface area contributed by atoms with E-state index in [1.54, 1.807) is 12.1 Å². The van der Waals surface area contributed by atoms with Gasteiger partial charge in [-0.15, -0.1) is 0 Å². The molecule has 2 aromatic heterocycles. The Hall–Kier alpha value is -2.31. The van der Waals surface area contributed by atoms with Gasteiger partial charge in [0.25, 0.3) is 0 Å². The van der Waals surface area contributed by atoms with E-state index in [9.17, 15) is 4.39 Å². The van der Waals surface area contributed by atoms with Crippen molar-refractivity contribution in [1.29, 1.82) is 0 Å². The molecule has 1 aliphatic heterocycles. The Balaban J connectivity index is 1.28. The highest BCUT2D eigenvalue weighted by atomic mass is 19.1. The van der Waals surface area contributed by atoms with Crippen LogP contribution in [0.25, 0.3) is 11.0 Å². The van der Waals surface area contributed by atoms with Crippen molar-refractivity contribution >= 4 is 11.0 Å². The van der Waals surface area contributed by atoms with Crippen molar-refractivity contribution in [3.63, 3.8) is 0 Å². The van der Waals surface area contributed by atoms with Gasteiger partial charge in [0, 0.05) is 37.3 Å². The smallest absolute Gasteiger partial charge is 0.157 e. The van der Waals surface area contributed by atoms with E-state index in [1.807, 2.05) is 17.1 Å². The first kappa shape index (κ1) is 19.0. The number of rotatable bonds is 6. The molecule has 6 heteroatoms. The highest BCUT2D eigenvalue weighted by molar-refractivity contribution is 5.75. The molecular formula is C22H27FN4O. The number of pyridine rings is 1. The van der Waals surface area contributed by atoms with E-state index in [0.29, 0.717) is 12.6 Å². The molecular weight excluding hydrogens is 355 g/mol. The summed E-state index contributed by atoms with van der Waals surface area (Å²) >= 11 is 0. The normalized spacial score (nSPS) is 16.3. The molecule has 0 spiro atoms. The van der Waals surface area contributed by atoms with Crippen LogP contribution in [0.3, 0.4) is 0 Å². The Morgan fingerprint density at radius 2 is 1.86 bits per heavy atom. The maximum atomic E-state index is 13.0. The summed E-state index contributed by atoms with van der Waals surface area (Å²) in [4.78, 5) is 7.09. The third kappa shape index (κ3) is 4.39. The number of benzene rings is 1. The first-order valence-corrected chi connectivity index (χ1v) is 9.99. The quantitative estimate of drug-likeness (QED) is 0.636. The third-order valence-electron chi connectivity index (χ3n) is 5.32. The van der Waals surface area contributed by atoms with Gasteiger partial charge >= 0.3 is 0 Å². The summed E-state index contributed by atoms with van der Waals surface area (Å²) in [7, 11) is 0. The fourth-order valence-electron chi connectivity index (χ4n) is 3.74. The van der Waals surface area contributed by atoms with Crippen LogP contribution in [0.15, 0.2) is 42.7 Å². The van der Waals surface area contributed by atoms with E-state index < -0.39 is 0 Å². The Kier molecular flexibility index (Phi) is 5.69. The average molecular weight is 382 g/mol. The van der Waals surface area contributed by atoms with Gasteiger partial charge in [0.15, 0.2) is 5.65 Å². The maximum absolute atomic E-state index is 13.0. The first-order chi connectivity index (χ1) is 13.6. The van der Waals surface area contributed by atoms with E-state index in [0.717, 1.165) is 49.1 Å². The third-order valence-corrected chi connectivity index (χ3v) is 5.32. The van der Waals surface area contributed by atoms with E-state index in [1.165, 1.54) is 17.7 Å². The van der Waals surface area contributed by atoms with Gasteiger partial charge in [-0.05, 0) is 56.0 Å². The number of ether oxygens (including phenoxy) is 1. The minimum atomic E-state index is -0.207. The van der Waals surface area contributed by atoms with Crippen molar-refractivity contribution in [1.82, 2.24) is 19.7 Å². The van der Waals surface area contributed by atoms with Crippen LogP contribution in [0.4, 0.5) is 4.39 Å². The van der Waals surface area contributed by atoms with Crippen molar-refractivity contribution in [2.75, 3.05) is 13.1 Å². The number of hydrogen-bond acceptors (Lipinski definition) is 4. The standard InChI is InChI=1S/C22H27FN4O/c1-16(2)27-22-19(13-25-27)11-18(12-24-22)14-26-9-7-21(8-10-26)28-15-17-3-5-20(23)6-4-17/h3-6,11-13,16,21H,7-10,14-15H2,1-2H3. The molecule has 0 unspecified atom stereocenters. The molecule has 0 radical (unpaired) electrons. The van der Waals surface area contributed by atoms with Crippen molar-refractivity contribution < 1.29 is 9.13 Å². The largest absolute Gasteiger partial charge is 0.373 e. The molecule has 0 saturated carbocycles. The molecule has 5 nitrogen and oxygen atoms in total. The van der Waals surface area contributed by atoms with E-state index >= 15 is 0 Å². The zero-order chi connectivity index (χ0) is 19.5. The van der Waals surface area contributed by atoms with Crippen molar-refractivity contribution in [2.45, 2.75) is 52.0 Å². The van der Waals surface area contributed by atoms with Gasteiger partial charge in [0.05, 0.1) is 18.9 Å². The number of nitrogens with zero attached hydrogens (tertiary/aromatic N) is 4. The number of aromatic nitrogens is 3. The zero-order valence-electron chi connectivity index (χ0n) is 16.5. The molecule has 1 saturated heterocycles. The number of halogens is 1. The average Bonchev–Trinajstić information content (AvgIpc) is 3.12. The van der Waals surface area contributed by atoms with E-state index in [4.69, 9.17) is 4.74 Å². The van der Waals surface area contributed by atoms with Crippen LogP contribution in [0.2, 0.25) is 0 Å². The molecule has 0 bridgehead atoms. The molecule has 1 aromatic carbocycles. The van der Waals surface area contributed by atoms with Crippen molar-refractivity contribution in [2.24, 2.45) is 0 Å². The SMILES string of the molecule is CC(C)n1ncc2cc(CN3CCC(OCc4ccc(F)cc4)CC3)cnc21. The highest BCUT2D eigenvalue weighted by Crippen LogP contribution is 2.20. The van der Waals surface area contributed by atoms with Crippen LogP contribution in [-0.4, -0.2) is 38.9 Å². The summed E-state index contributed by atoms with van der Waals surface area (Å²) in [5.74, 6) is -0.207. The summed E-state index contributed by atoms with van der Waals surface area (Å²) in [5, 5.41) is 5.55. The topological polar surface area (TPSA) is 43.2 Å². The number of likely N-dealkylation sites (tertiary alicyclic amines) is 1.